The number of carbonyl (C=O) groups excluding carboxylic acids is 1. The minimum atomic E-state index is -0.440. The minimum absolute atomic E-state index is 0.0243. The highest BCUT2D eigenvalue weighted by atomic mass is 19.1. The number of halogens is 1. The summed E-state index contributed by atoms with van der Waals surface area (Å²) in [4.78, 5) is 14.5. The number of piperidine rings is 1. The van der Waals surface area contributed by atoms with Crippen molar-refractivity contribution in [2.75, 3.05) is 33.3 Å². The molecule has 1 amide bonds. The molecule has 1 spiro atoms. The van der Waals surface area contributed by atoms with Crippen molar-refractivity contribution in [1.82, 2.24) is 10.2 Å². The second-order valence-electron chi connectivity index (χ2n) is 6.08. The van der Waals surface area contributed by atoms with Crippen LogP contribution in [-0.4, -0.2) is 44.1 Å². The van der Waals surface area contributed by atoms with Crippen molar-refractivity contribution in [2.45, 2.75) is 19.3 Å². The zero-order valence-electron chi connectivity index (χ0n) is 12.3. The first-order valence-corrected chi connectivity index (χ1v) is 7.47. The van der Waals surface area contributed by atoms with E-state index < -0.39 is 5.82 Å². The number of carbonyl (C=O) groups is 1. The van der Waals surface area contributed by atoms with E-state index in [1.165, 1.54) is 25.3 Å². The van der Waals surface area contributed by atoms with Gasteiger partial charge in [-0.1, -0.05) is 0 Å². The summed E-state index contributed by atoms with van der Waals surface area (Å²) in [5.41, 5.74) is 0.782. The number of nitrogens with zero attached hydrogens (tertiary/aromatic N) is 1. The molecule has 1 aromatic rings. The van der Waals surface area contributed by atoms with Crippen LogP contribution >= 0.6 is 0 Å². The Kier molecular flexibility index (Phi) is 3.85. The molecule has 2 saturated heterocycles. The Labute approximate surface area is 124 Å². The molecule has 21 heavy (non-hydrogen) atoms. The molecule has 2 heterocycles. The highest BCUT2D eigenvalue weighted by molar-refractivity contribution is 5.94. The monoisotopic (exact) mass is 292 g/mol. The first kappa shape index (κ1) is 14.3. The maximum atomic E-state index is 13.4. The molecule has 1 aromatic carbocycles. The summed E-state index contributed by atoms with van der Waals surface area (Å²) in [6, 6.07) is 4.32. The molecule has 0 atom stereocenters. The van der Waals surface area contributed by atoms with Crippen LogP contribution in [0.2, 0.25) is 0 Å². The summed E-state index contributed by atoms with van der Waals surface area (Å²) in [5.74, 6) is -0.342. The lowest BCUT2D eigenvalue weighted by molar-refractivity contribution is 0.0761. The summed E-state index contributed by atoms with van der Waals surface area (Å²) in [5, 5.41) is 3.37. The molecule has 5 heteroatoms. The molecule has 114 valence electrons. The molecule has 2 fully saturated rings. The molecular weight excluding hydrogens is 271 g/mol. The van der Waals surface area contributed by atoms with Crippen molar-refractivity contribution >= 4 is 5.91 Å². The molecule has 0 radical (unpaired) electrons. The van der Waals surface area contributed by atoms with Crippen LogP contribution in [-0.2, 0) is 0 Å². The van der Waals surface area contributed by atoms with E-state index in [2.05, 4.69) is 5.32 Å². The molecule has 0 aliphatic carbocycles. The summed E-state index contributed by atoms with van der Waals surface area (Å²) in [7, 11) is 1.41. The van der Waals surface area contributed by atoms with Crippen LogP contribution in [0.4, 0.5) is 4.39 Å². The Bertz CT molecular complexity index is 541. The summed E-state index contributed by atoms with van der Waals surface area (Å²) >= 11 is 0. The van der Waals surface area contributed by atoms with E-state index in [0.717, 1.165) is 45.4 Å². The molecular formula is C16H21FN2O2. The average molecular weight is 292 g/mol. The zero-order chi connectivity index (χ0) is 14.9. The minimum Gasteiger partial charge on any atom is -0.494 e. The summed E-state index contributed by atoms with van der Waals surface area (Å²) in [6.45, 7) is 3.67. The molecule has 0 saturated carbocycles. The Morgan fingerprint density at radius 3 is 2.81 bits per heavy atom. The van der Waals surface area contributed by atoms with Crippen LogP contribution < -0.4 is 10.1 Å². The van der Waals surface area contributed by atoms with E-state index in [1.807, 2.05) is 4.90 Å². The van der Waals surface area contributed by atoms with Crippen LogP contribution in [0.25, 0.3) is 0 Å². The van der Waals surface area contributed by atoms with Crippen LogP contribution in [0.3, 0.4) is 0 Å². The predicted molar refractivity (Wildman–Crippen MR) is 78.0 cm³/mol. The predicted octanol–water partition coefficient (Wildman–Crippen LogP) is 2.05. The highest BCUT2D eigenvalue weighted by Gasteiger charge is 2.40. The van der Waals surface area contributed by atoms with E-state index in [0.29, 0.717) is 5.56 Å². The van der Waals surface area contributed by atoms with Gasteiger partial charge in [-0.25, -0.2) is 4.39 Å². The van der Waals surface area contributed by atoms with Crippen molar-refractivity contribution in [2.24, 2.45) is 5.41 Å². The largest absolute Gasteiger partial charge is 0.494 e. The van der Waals surface area contributed by atoms with Crippen LogP contribution in [0.15, 0.2) is 18.2 Å². The fourth-order valence-electron chi connectivity index (χ4n) is 3.45. The quantitative estimate of drug-likeness (QED) is 0.907. The normalized spacial score (nSPS) is 20.8. The third kappa shape index (κ3) is 2.75. The van der Waals surface area contributed by atoms with Gasteiger partial charge in [-0.3, -0.25) is 4.79 Å². The van der Waals surface area contributed by atoms with Crippen LogP contribution in [0.1, 0.15) is 29.6 Å². The maximum absolute atomic E-state index is 13.4. The van der Waals surface area contributed by atoms with Crippen LogP contribution in [0, 0.1) is 11.2 Å². The van der Waals surface area contributed by atoms with Crippen LogP contribution in [0.5, 0.6) is 5.75 Å². The molecule has 2 aliphatic heterocycles. The molecule has 0 bridgehead atoms. The van der Waals surface area contributed by atoms with Gasteiger partial charge in [-0.15, -0.1) is 0 Å². The van der Waals surface area contributed by atoms with E-state index in [9.17, 15) is 9.18 Å². The second-order valence-corrected chi connectivity index (χ2v) is 6.08. The Balaban J connectivity index is 1.74. The number of methoxy groups -OCH3 is 1. The third-order valence-electron chi connectivity index (χ3n) is 4.79. The number of amides is 1. The van der Waals surface area contributed by atoms with E-state index in [-0.39, 0.29) is 17.1 Å². The maximum Gasteiger partial charge on any atom is 0.254 e. The van der Waals surface area contributed by atoms with Crippen molar-refractivity contribution in [3.05, 3.63) is 29.6 Å². The molecule has 2 aliphatic rings. The first-order valence-electron chi connectivity index (χ1n) is 7.47. The SMILES string of the molecule is COc1cc(C(=O)N2CCC3(CCNCC3)C2)ccc1F. The van der Waals surface area contributed by atoms with Gasteiger partial charge < -0.3 is 15.0 Å². The summed E-state index contributed by atoms with van der Waals surface area (Å²) < 4.78 is 18.4. The van der Waals surface area contributed by atoms with Gasteiger partial charge in [0.15, 0.2) is 11.6 Å². The molecule has 3 rings (SSSR count). The summed E-state index contributed by atoms with van der Waals surface area (Å²) in [6.07, 6.45) is 3.33. The van der Waals surface area contributed by atoms with Gasteiger partial charge in [0.05, 0.1) is 7.11 Å². The lowest BCUT2D eigenvalue weighted by Gasteiger charge is -2.33. The number of hydrogen-bond acceptors (Lipinski definition) is 3. The van der Waals surface area contributed by atoms with Crippen molar-refractivity contribution in [3.8, 4) is 5.75 Å². The second kappa shape index (κ2) is 5.64. The van der Waals surface area contributed by atoms with Gasteiger partial charge in [0, 0.05) is 18.7 Å². The average Bonchev–Trinajstić information content (AvgIpc) is 2.91. The van der Waals surface area contributed by atoms with E-state index in [4.69, 9.17) is 4.74 Å². The number of hydrogen-bond donors (Lipinski definition) is 1. The number of ether oxygens (including phenoxy) is 1. The number of benzene rings is 1. The van der Waals surface area contributed by atoms with Crippen molar-refractivity contribution in [3.63, 3.8) is 0 Å². The molecule has 0 aromatic heterocycles. The molecule has 4 nitrogen and oxygen atoms in total. The van der Waals surface area contributed by atoms with Gasteiger partial charge in [0.2, 0.25) is 0 Å². The van der Waals surface area contributed by atoms with Gasteiger partial charge >= 0.3 is 0 Å². The van der Waals surface area contributed by atoms with E-state index in [1.54, 1.807) is 0 Å². The molecule has 0 unspecified atom stereocenters. The highest BCUT2D eigenvalue weighted by Crippen LogP contribution is 2.39. The smallest absolute Gasteiger partial charge is 0.254 e. The van der Waals surface area contributed by atoms with E-state index >= 15 is 0 Å². The van der Waals surface area contributed by atoms with Gasteiger partial charge in [0.25, 0.3) is 5.91 Å². The lowest BCUT2D eigenvalue weighted by Crippen LogP contribution is -2.39. The van der Waals surface area contributed by atoms with Crippen molar-refractivity contribution in [1.29, 1.82) is 0 Å². The topological polar surface area (TPSA) is 41.6 Å². The van der Waals surface area contributed by atoms with Gasteiger partial charge in [-0.2, -0.15) is 0 Å². The number of rotatable bonds is 2. The Morgan fingerprint density at radius 1 is 1.33 bits per heavy atom. The lowest BCUT2D eigenvalue weighted by atomic mass is 9.78. The standard InChI is InChI=1S/C16H21FN2O2/c1-21-14-10-12(2-3-13(14)17)15(20)19-9-6-16(11-19)4-7-18-8-5-16/h2-3,10,18H,4-9,11H2,1H3. The van der Waals surface area contributed by atoms with Gasteiger partial charge in [-0.05, 0) is 56.0 Å². The van der Waals surface area contributed by atoms with Crippen molar-refractivity contribution < 1.29 is 13.9 Å². The fourth-order valence-corrected chi connectivity index (χ4v) is 3.45. The first-order chi connectivity index (χ1) is 10.1. The Morgan fingerprint density at radius 2 is 2.10 bits per heavy atom. The zero-order valence-corrected chi connectivity index (χ0v) is 12.3. The molecule has 1 N–H and O–H groups in total. The fraction of sp³-hybridized carbons (Fsp3) is 0.562. The Hall–Kier alpha value is -1.62. The number of likely N-dealkylation sites (tertiary alicyclic amines) is 1. The third-order valence-corrected chi connectivity index (χ3v) is 4.79. The van der Waals surface area contributed by atoms with Gasteiger partial charge in [0.1, 0.15) is 0 Å². The number of nitrogens with one attached hydrogen (secondary N) is 1.